The van der Waals surface area contributed by atoms with Crippen LogP contribution in [0.4, 0.5) is 0 Å². The van der Waals surface area contributed by atoms with E-state index in [-0.39, 0.29) is 13.2 Å². The van der Waals surface area contributed by atoms with Gasteiger partial charge in [-0.25, -0.2) is 0 Å². The number of hydrogen-bond donors (Lipinski definition) is 4. The molecular formula is C20H27N3O10. The highest BCUT2D eigenvalue weighted by atomic mass is 16.8. The first-order valence-electron chi connectivity index (χ1n) is 10.5. The summed E-state index contributed by atoms with van der Waals surface area (Å²) >= 11 is 0. The first-order chi connectivity index (χ1) is 16.0. The first kappa shape index (κ1) is 24.1. The molecule has 1 aromatic rings. The summed E-state index contributed by atoms with van der Waals surface area (Å²) in [5, 5.41) is 43.7. The van der Waals surface area contributed by atoms with Gasteiger partial charge in [0.25, 0.3) is 0 Å². The Morgan fingerprint density at radius 2 is 1.85 bits per heavy atom. The summed E-state index contributed by atoms with van der Waals surface area (Å²) in [6.45, 7) is -0.341. The molecule has 3 fully saturated rings. The Morgan fingerprint density at radius 1 is 1.09 bits per heavy atom. The van der Waals surface area contributed by atoms with Gasteiger partial charge < -0.3 is 48.8 Å². The van der Waals surface area contributed by atoms with Gasteiger partial charge in [0.15, 0.2) is 12.6 Å². The van der Waals surface area contributed by atoms with Crippen LogP contribution in [0.15, 0.2) is 29.4 Å². The van der Waals surface area contributed by atoms with Crippen LogP contribution in [0.3, 0.4) is 0 Å². The molecule has 0 aliphatic carbocycles. The van der Waals surface area contributed by atoms with Crippen molar-refractivity contribution in [3.63, 3.8) is 0 Å². The van der Waals surface area contributed by atoms with Crippen LogP contribution in [-0.2, 0) is 30.3 Å². The number of rotatable bonds is 8. The third kappa shape index (κ3) is 4.93. The van der Waals surface area contributed by atoms with Crippen LogP contribution in [-0.4, -0.2) is 102 Å². The molecule has 3 aliphatic heterocycles. The van der Waals surface area contributed by atoms with Crippen molar-refractivity contribution in [2.75, 3.05) is 20.3 Å². The number of ether oxygens (including phenoxy) is 6. The zero-order valence-corrected chi connectivity index (χ0v) is 17.8. The average molecular weight is 469 g/mol. The molecule has 0 radical (unpaired) electrons. The molecule has 0 unspecified atom stereocenters. The highest BCUT2D eigenvalue weighted by Gasteiger charge is 2.54. The Morgan fingerprint density at radius 3 is 2.52 bits per heavy atom. The molecule has 0 amide bonds. The van der Waals surface area contributed by atoms with Crippen molar-refractivity contribution < 1.29 is 48.8 Å². The van der Waals surface area contributed by atoms with Gasteiger partial charge in [-0.2, -0.15) is 0 Å². The summed E-state index contributed by atoms with van der Waals surface area (Å²) in [5.41, 5.74) is 9.89. The lowest BCUT2D eigenvalue weighted by molar-refractivity contribution is -0.333. The minimum atomic E-state index is -1.61. The number of benzene rings is 1. The average Bonchev–Trinajstić information content (AvgIpc) is 3.27. The van der Waals surface area contributed by atoms with Gasteiger partial charge in [0.1, 0.15) is 54.5 Å². The third-order valence-electron chi connectivity index (χ3n) is 5.97. The molecule has 3 saturated heterocycles. The molecule has 4 rings (SSSR count). The van der Waals surface area contributed by atoms with Gasteiger partial charge in [-0.05, 0) is 23.2 Å². The zero-order valence-electron chi connectivity index (χ0n) is 17.8. The number of methoxy groups -OCH3 is 1. The van der Waals surface area contributed by atoms with E-state index in [0.717, 1.165) is 5.56 Å². The molecule has 4 N–H and O–H groups in total. The Labute approximate surface area is 189 Å². The highest BCUT2D eigenvalue weighted by Crippen LogP contribution is 2.36. The van der Waals surface area contributed by atoms with Crippen LogP contribution in [0.2, 0.25) is 0 Å². The lowest BCUT2D eigenvalue weighted by atomic mass is 9.97. The van der Waals surface area contributed by atoms with E-state index >= 15 is 0 Å². The standard InChI is InChI=1S/C20H27N3O10/c1-28-10-4-2-9(3-5-10)7-29-18-13(22-23-21)19-30-8-12(32-19)17(18)33-20-16(27)15(26)14(25)11(6-24)31-20/h2-5,11-20,24-27H,6-8H2,1H3/t11-,12-,13-,14+,15+,16-,17-,18-,19-,20+/m1/s1. The molecule has 10 atom stereocenters. The monoisotopic (exact) mass is 469 g/mol. The van der Waals surface area contributed by atoms with Gasteiger partial charge >= 0.3 is 0 Å². The van der Waals surface area contributed by atoms with Crippen molar-refractivity contribution in [3.8, 4) is 5.75 Å². The fourth-order valence-electron chi connectivity index (χ4n) is 4.14. The molecule has 13 nitrogen and oxygen atoms in total. The number of aliphatic hydroxyl groups excluding tert-OH is 4. The zero-order chi connectivity index (χ0) is 23.5. The fraction of sp³-hybridized carbons (Fsp3) is 0.700. The van der Waals surface area contributed by atoms with Gasteiger partial charge in [-0.15, -0.1) is 0 Å². The van der Waals surface area contributed by atoms with Crippen LogP contribution < -0.4 is 4.74 Å². The SMILES string of the molecule is COc1ccc(CO[C@@H]2[C@@H](N=[N+]=[N-])[C@@H]3OC[C@@H](O3)[C@H]2O[C@@H]2O[C@H](CO)[C@H](O)[C@H](O)[C@H]2O)cc1. The van der Waals surface area contributed by atoms with Crippen LogP contribution in [0, 0.1) is 0 Å². The van der Waals surface area contributed by atoms with Gasteiger partial charge in [0, 0.05) is 4.91 Å². The van der Waals surface area contributed by atoms with E-state index in [1.807, 2.05) is 12.1 Å². The minimum Gasteiger partial charge on any atom is -0.497 e. The second kappa shape index (κ2) is 10.5. The third-order valence-corrected chi connectivity index (χ3v) is 5.97. The number of hydrogen-bond acceptors (Lipinski definition) is 11. The van der Waals surface area contributed by atoms with Crippen LogP contribution in [0.25, 0.3) is 10.4 Å². The van der Waals surface area contributed by atoms with Gasteiger partial charge in [0.2, 0.25) is 0 Å². The highest BCUT2D eigenvalue weighted by molar-refractivity contribution is 5.26. The van der Waals surface area contributed by atoms with E-state index in [4.69, 9.17) is 34.0 Å². The van der Waals surface area contributed by atoms with E-state index in [2.05, 4.69) is 10.0 Å². The molecule has 182 valence electrons. The van der Waals surface area contributed by atoms with E-state index in [1.54, 1.807) is 19.2 Å². The quantitative estimate of drug-likeness (QED) is 0.213. The Hall–Kier alpha value is -2.03. The maximum Gasteiger partial charge on any atom is 0.187 e. The van der Waals surface area contributed by atoms with Crippen LogP contribution >= 0.6 is 0 Å². The minimum absolute atomic E-state index is 0.118. The van der Waals surface area contributed by atoms with Crippen molar-refractivity contribution in [1.29, 1.82) is 0 Å². The fourth-order valence-corrected chi connectivity index (χ4v) is 4.14. The lowest BCUT2D eigenvalue weighted by Crippen LogP contribution is -2.62. The molecule has 0 saturated carbocycles. The van der Waals surface area contributed by atoms with Crippen molar-refractivity contribution in [3.05, 3.63) is 40.3 Å². The van der Waals surface area contributed by atoms with Crippen molar-refractivity contribution in [1.82, 2.24) is 0 Å². The maximum absolute atomic E-state index is 10.4. The number of azide groups is 1. The van der Waals surface area contributed by atoms with E-state index in [1.165, 1.54) is 0 Å². The first-order valence-corrected chi connectivity index (χ1v) is 10.5. The van der Waals surface area contributed by atoms with Crippen LogP contribution in [0.1, 0.15) is 5.56 Å². The summed E-state index contributed by atoms with van der Waals surface area (Å²) in [4.78, 5) is 2.87. The number of aliphatic hydroxyl groups is 4. The van der Waals surface area contributed by atoms with Gasteiger partial charge in [0.05, 0.1) is 26.9 Å². The predicted molar refractivity (Wildman–Crippen MR) is 108 cm³/mol. The number of fused-ring (bicyclic) bond motifs is 2. The van der Waals surface area contributed by atoms with Gasteiger partial charge in [-0.3, -0.25) is 0 Å². The van der Waals surface area contributed by atoms with Crippen molar-refractivity contribution in [2.45, 2.75) is 68.0 Å². The number of nitrogens with zero attached hydrogens (tertiary/aromatic N) is 3. The molecule has 2 bridgehead atoms. The van der Waals surface area contributed by atoms with E-state index < -0.39 is 68.0 Å². The Balaban J connectivity index is 1.54. The molecule has 1 aromatic carbocycles. The maximum atomic E-state index is 10.4. The summed E-state index contributed by atoms with van der Waals surface area (Å²) in [5.74, 6) is 0.687. The second-order valence-corrected chi connectivity index (χ2v) is 7.99. The predicted octanol–water partition coefficient (Wildman–Crippen LogP) is -0.800. The van der Waals surface area contributed by atoms with E-state index in [0.29, 0.717) is 5.75 Å². The van der Waals surface area contributed by atoms with Crippen LogP contribution in [0.5, 0.6) is 5.75 Å². The smallest absolute Gasteiger partial charge is 0.187 e. The molecule has 0 spiro atoms. The molecule has 3 heterocycles. The summed E-state index contributed by atoms with van der Waals surface area (Å²) in [6, 6.07) is 6.30. The molecular weight excluding hydrogens is 442 g/mol. The molecule has 33 heavy (non-hydrogen) atoms. The topological polar surface area (TPSA) is 185 Å². The summed E-state index contributed by atoms with van der Waals surface area (Å²) in [7, 11) is 1.56. The summed E-state index contributed by atoms with van der Waals surface area (Å²) in [6.07, 6.45) is -10.5. The molecule has 3 aliphatic rings. The lowest BCUT2D eigenvalue weighted by Gasteiger charge is -2.44. The van der Waals surface area contributed by atoms with Crippen molar-refractivity contribution in [2.24, 2.45) is 5.11 Å². The Kier molecular flexibility index (Phi) is 7.66. The molecule has 0 aromatic heterocycles. The Bertz CT molecular complexity index is 836. The largest absolute Gasteiger partial charge is 0.497 e. The second-order valence-electron chi connectivity index (χ2n) is 7.99. The molecule has 13 heteroatoms. The summed E-state index contributed by atoms with van der Waals surface area (Å²) < 4.78 is 34.0. The van der Waals surface area contributed by atoms with Crippen molar-refractivity contribution >= 4 is 0 Å². The normalized spacial score (nSPS) is 40.3. The van der Waals surface area contributed by atoms with E-state index in [9.17, 15) is 20.4 Å². The van der Waals surface area contributed by atoms with Gasteiger partial charge in [-0.1, -0.05) is 17.2 Å².